The summed E-state index contributed by atoms with van der Waals surface area (Å²) in [5, 5.41) is 9.24. The molecule has 1 nitrogen and oxygen atoms in total. The van der Waals surface area contributed by atoms with Crippen LogP contribution in [0.1, 0.15) is 26.7 Å². The highest BCUT2D eigenvalue weighted by molar-refractivity contribution is 8.01. The van der Waals surface area contributed by atoms with E-state index in [0.29, 0.717) is 5.25 Å². The molecule has 1 aliphatic carbocycles. The van der Waals surface area contributed by atoms with Crippen LogP contribution in [0.4, 0.5) is 0 Å². The van der Waals surface area contributed by atoms with Crippen molar-refractivity contribution in [3.05, 3.63) is 0 Å². The maximum atomic E-state index is 8.63. The molecule has 0 aromatic carbocycles. The molecule has 0 unspecified atom stereocenters. The van der Waals surface area contributed by atoms with Crippen molar-refractivity contribution in [3.63, 3.8) is 0 Å². The lowest BCUT2D eigenvalue weighted by molar-refractivity contribution is 1.08. The highest BCUT2D eigenvalue weighted by Crippen LogP contribution is 2.49. The summed E-state index contributed by atoms with van der Waals surface area (Å²) in [7, 11) is 0. The SMILES string of the molecule is CC(C)SC1(C#N)CC1. The topological polar surface area (TPSA) is 23.8 Å². The molecule has 1 fully saturated rings. The van der Waals surface area contributed by atoms with Crippen LogP contribution in [0.25, 0.3) is 0 Å². The summed E-state index contributed by atoms with van der Waals surface area (Å²) < 4.78 is 0.0359. The van der Waals surface area contributed by atoms with Gasteiger partial charge < -0.3 is 0 Å². The average Bonchev–Trinajstić information content (AvgIpc) is 2.48. The molecule has 0 aromatic heterocycles. The second-order valence-corrected chi connectivity index (χ2v) is 4.73. The smallest absolute Gasteiger partial charge is 0.103 e. The molecule has 1 aliphatic rings. The van der Waals surface area contributed by atoms with Crippen LogP contribution < -0.4 is 0 Å². The Balaban J connectivity index is 2.36. The number of nitriles is 1. The Labute approximate surface area is 60.4 Å². The van der Waals surface area contributed by atoms with Gasteiger partial charge in [0.1, 0.15) is 4.75 Å². The van der Waals surface area contributed by atoms with Gasteiger partial charge in [-0.3, -0.25) is 0 Å². The lowest BCUT2D eigenvalue weighted by Gasteiger charge is -2.06. The summed E-state index contributed by atoms with van der Waals surface area (Å²) in [6, 6.07) is 2.35. The van der Waals surface area contributed by atoms with Crippen LogP contribution in [-0.4, -0.2) is 10.00 Å². The summed E-state index contributed by atoms with van der Waals surface area (Å²) in [6.07, 6.45) is 2.21. The molecule has 0 amide bonds. The normalized spacial score (nSPS) is 21.6. The molecule has 1 saturated carbocycles. The van der Waals surface area contributed by atoms with Crippen molar-refractivity contribution >= 4 is 11.8 Å². The molecule has 0 saturated heterocycles. The zero-order chi connectivity index (χ0) is 6.91. The van der Waals surface area contributed by atoms with Gasteiger partial charge in [0, 0.05) is 5.25 Å². The summed E-state index contributed by atoms with van der Waals surface area (Å²) in [5.74, 6) is 0. The predicted molar refractivity (Wildman–Crippen MR) is 40.3 cm³/mol. The van der Waals surface area contributed by atoms with Gasteiger partial charge in [-0.2, -0.15) is 5.26 Å². The van der Waals surface area contributed by atoms with Gasteiger partial charge in [-0.25, -0.2) is 0 Å². The molecule has 2 heteroatoms. The quantitative estimate of drug-likeness (QED) is 0.588. The van der Waals surface area contributed by atoms with Crippen molar-refractivity contribution in [2.45, 2.75) is 36.7 Å². The number of rotatable bonds is 2. The zero-order valence-corrected chi connectivity index (χ0v) is 6.66. The van der Waals surface area contributed by atoms with Crippen LogP contribution in [0.2, 0.25) is 0 Å². The van der Waals surface area contributed by atoms with Crippen molar-refractivity contribution < 1.29 is 0 Å². The number of hydrogen-bond donors (Lipinski definition) is 0. The fourth-order valence-corrected chi connectivity index (χ4v) is 2.11. The van der Waals surface area contributed by atoms with Crippen molar-refractivity contribution in [2.75, 3.05) is 0 Å². The van der Waals surface area contributed by atoms with Gasteiger partial charge in [0.15, 0.2) is 0 Å². The van der Waals surface area contributed by atoms with E-state index in [9.17, 15) is 0 Å². The Bertz CT molecular complexity index is 141. The molecule has 0 heterocycles. The Morgan fingerprint density at radius 1 is 1.56 bits per heavy atom. The second kappa shape index (κ2) is 2.22. The first-order chi connectivity index (χ1) is 4.18. The first-order valence-corrected chi connectivity index (χ1v) is 4.15. The molecule has 0 spiro atoms. The largest absolute Gasteiger partial charge is 0.197 e. The molecule has 0 aromatic rings. The van der Waals surface area contributed by atoms with Crippen molar-refractivity contribution in [2.24, 2.45) is 0 Å². The fourth-order valence-electron chi connectivity index (χ4n) is 0.821. The first-order valence-electron chi connectivity index (χ1n) is 3.28. The fraction of sp³-hybridized carbons (Fsp3) is 0.857. The van der Waals surface area contributed by atoms with E-state index in [1.165, 1.54) is 0 Å². The van der Waals surface area contributed by atoms with Crippen LogP contribution in [0, 0.1) is 11.3 Å². The number of thioether (sulfide) groups is 1. The van der Waals surface area contributed by atoms with E-state index < -0.39 is 0 Å². The molecule has 0 bridgehead atoms. The van der Waals surface area contributed by atoms with Gasteiger partial charge >= 0.3 is 0 Å². The third-order valence-electron chi connectivity index (χ3n) is 1.37. The average molecular weight is 141 g/mol. The van der Waals surface area contributed by atoms with Gasteiger partial charge in [-0.05, 0) is 12.8 Å². The minimum absolute atomic E-state index is 0.0359. The van der Waals surface area contributed by atoms with Gasteiger partial charge in [0.25, 0.3) is 0 Å². The summed E-state index contributed by atoms with van der Waals surface area (Å²) in [5.41, 5.74) is 0. The van der Waals surface area contributed by atoms with Gasteiger partial charge in [0.2, 0.25) is 0 Å². The molecule has 0 radical (unpaired) electrons. The van der Waals surface area contributed by atoms with Crippen molar-refractivity contribution in [3.8, 4) is 6.07 Å². The highest BCUT2D eigenvalue weighted by atomic mass is 32.2. The van der Waals surface area contributed by atoms with Crippen LogP contribution in [0.15, 0.2) is 0 Å². The van der Waals surface area contributed by atoms with E-state index in [2.05, 4.69) is 19.9 Å². The van der Waals surface area contributed by atoms with Gasteiger partial charge in [0.05, 0.1) is 6.07 Å². The molecule has 0 aliphatic heterocycles. The molecule has 50 valence electrons. The maximum Gasteiger partial charge on any atom is 0.103 e. The monoisotopic (exact) mass is 141 g/mol. The summed E-state index contributed by atoms with van der Waals surface area (Å²) in [4.78, 5) is 0. The molecule has 0 N–H and O–H groups in total. The van der Waals surface area contributed by atoms with Crippen LogP contribution >= 0.6 is 11.8 Å². The standard InChI is InChI=1S/C7H11NS/c1-6(2)9-7(5-8)3-4-7/h6H,3-4H2,1-2H3. The highest BCUT2D eigenvalue weighted by Gasteiger charge is 2.44. The van der Waals surface area contributed by atoms with Crippen LogP contribution in [0.5, 0.6) is 0 Å². The molecule has 9 heavy (non-hydrogen) atoms. The predicted octanol–water partition coefficient (Wildman–Crippen LogP) is 2.18. The van der Waals surface area contributed by atoms with E-state index in [1.807, 2.05) is 0 Å². The number of hydrogen-bond acceptors (Lipinski definition) is 2. The first kappa shape index (κ1) is 6.95. The lowest BCUT2D eigenvalue weighted by Crippen LogP contribution is -2.02. The molecule has 0 atom stereocenters. The van der Waals surface area contributed by atoms with Crippen LogP contribution in [0.3, 0.4) is 0 Å². The van der Waals surface area contributed by atoms with Gasteiger partial charge in [-0.1, -0.05) is 13.8 Å². The third kappa shape index (κ3) is 1.62. The van der Waals surface area contributed by atoms with Crippen molar-refractivity contribution in [1.29, 1.82) is 5.26 Å². The molecular formula is C7H11NS. The van der Waals surface area contributed by atoms with E-state index in [-0.39, 0.29) is 4.75 Å². The number of nitrogens with zero attached hydrogens (tertiary/aromatic N) is 1. The van der Waals surface area contributed by atoms with Crippen LogP contribution in [-0.2, 0) is 0 Å². The zero-order valence-electron chi connectivity index (χ0n) is 5.85. The Morgan fingerprint density at radius 3 is 2.22 bits per heavy atom. The molecular weight excluding hydrogens is 130 g/mol. The Hall–Kier alpha value is -0.160. The van der Waals surface area contributed by atoms with E-state index in [4.69, 9.17) is 5.26 Å². The van der Waals surface area contributed by atoms with Crippen molar-refractivity contribution in [1.82, 2.24) is 0 Å². The minimum atomic E-state index is 0.0359. The minimum Gasteiger partial charge on any atom is -0.197 e. The maximum absolute atomic E-state index is 8.63. The third-order valence-corrected chi connectivity index (χ3v) is 2.79. The molecule has 1 rings (SSSR count). The van der Waals surface area contributed by atoms with E-state index in [1.54, 1.807) is 11.8 Å². The second-order valence-electron chi connectivity index (χ2n) is 2.77. The summed E-state index contributed by atoms with van der Waals surface area (Å²) >= 11 is 1.81. The Morgan fingerprint density at radius 2 is 2.11 bits per heavy atom. The Kier molecular flexibility index (Phi) is 1.72. The van der Waals surface area contributed by atoms with E-state index >= 15 is 0 Å². The van der Waals surface area contributed by atoms with Gasteiger partial charge in [-0.15, -0.1) is 11.8 Å². The lowest BCUT2D eigenvalue weighted by atomic mass is 10.5. The van der Waals surface area contributed by atoms with E-state index in [0.717, 1.165) is 12.8 Å². The summed E-state index contributed by atoms with van der Waals surface area (Å²) in [6.45, 7) is 4.28.